The number of hydrogen-bond donors (Lipinski definition) is 2. The van der Waals surface area contributed by atoms with E-state index in [1.165, 1.54) is 0 Å². The lowest BCUT2D eigenvalue weighted by atomic mass is 10.0. The Morgan fingerprint density at radius 2 is 2.08 bits per heavy atom. The van der Waals surface area contributed by atoms with Crippen LogP contribution in [0.15, 0.2) is 27.8 Å². The highest BCUT2D eigenvalue weighted by molar-refractivity contribution is 5.79. The topological polar surface area (TPSA) is 62.0 Å². The Bertz CT molecular complexity index is 458. The summed E-state index contributed by atoms with van der Waals surface area (Å²) in [7, 11) is 5.87. The number of nitrogens with zero attached hydrogens (tertiary/aromatic N) is 2. The molecule has 0 saturated carbocycles. The number of rotatable bonds is 10. The summed E-state index contributed by atoms with van der Waals surface area (Å²) in [5, 5.41) is 6.73. The van der Waals surface area contributed by atoms with Crippen LogP contribution >= 0.6 is 0 Å². The molecule has 0 radical (unpaired) electrons. The van der Waals surface area contributed by atoms with Gasteiger partial charge in [0, 0.05) is 26.7 Å². The molecule has 0 aliphatic heterocycles. The zero-order chi connectivity index (χ0) is 17.9. The van der Waals surface area contributed by atoms with Crippen molar-refractivity contribution in [3.05, 3.63) is 24.2 Å². The molecule has 0 saturated heterocycles. The third-order valence-electron chi connectivity index (χ3n) is 4.03. The van der Waals surface area contributed by atoms with Crippen molar-refractivity contribution in [1.29, 1.82) is 0 Å². The van der Waals surface area contributed by atoms with Crippen molar-refractivity contribution in [2.45, 2.75) is 39.3 Å². The molecule has 2 atom stereocenters. The van der Waals surface area contributed by atoms with Crippen molar-refractivity contribution in [3.8, 4) is 0 Å². The van der Waals surface area contributed by atoms with Crippen LogP contribution in [0.4, 0.5) is 0 Å². The van der Waals surface area contributed by atoms with E-state index in [4.69, 9.17) is 9.15 Å². The van der Waals surface area contributed by atoms with Crippen LogP contribution in [0.25, 0.3) is 0 Å². The van der Waals surface area contributed by atoms with E-state index in [1.807, 2.05) is 33.2 Å². The summed E-state index contributed by atoms with van der Waals surface area (Å²) < 4.78 is 11.3. The largest absolute Gasteiger partial charge is 0.468 e. The van der Waals surface area contributed by atoms with Crippen LogP contribution in [0.2, 0.25) is 0 Å². The maximum atomic E-state index is 5.78. The fourth-order valence-electron chi connectivity index (χ4n) is 2.59. The Balaban J connectivity index is 2.44. The van der Waals surface area contributed by atoms with Gasteiger partial charge in [0.05, 0.1) is 18.4 Å². The average molecular weight is 338 g/mol. The van der Waals surface area contributed by atoms with Gasteiger partial charge < -0.3 is 19.8 Å². The van der Waals surface area contributed by atoms with Crippen molar-refractivity contribution >= 4 is 5.96 Å². The predicted molar refractivity (Wildman–Crippen MR) is 99.4 cm³/mol. The number of aliphatic imine (C=N–C) groups is 1. The number of furan rings is 1. The normalized spacial score (nSPS) is 14.9. The maximum absolute atomic E-state index is 5.78. The van der Waals surface area contributed by atoms with Crippen LogP contribution in [0.3, 0.4) is 0 Å². The fraction of sp³-hybridized carbons (Fsp3) is 0.722. The minimum atomic E-state index is 0.158. The van der Waals surface area contributed by atoms with Gasteiger partial charge in [-0.05, 0) is 45.5 Å². The van der Waals surface area contributed by atoms with Crippen LogP contribution in [0, 0.1) is 5.92 Å². The standard InChI is InChI=1S/C18H34N4O2/c1-7-23-16(14(2)3)10-11-20-18(19-4)21-13-15(22(5)6)17-9-8-12-24-17/h8-9,12,14-16H,7,10-11,13H2,1-6H3,(H2,19,20,21). The molecule has 6 nitrogen and oxygen atoms in total. The van der Waals surface area contributed by atoms with Crippen molar-refractivity contribution in [2.24, 2.45) is 10.9 Å². The molecule has 138 valence electrons. The van der Waals surface area contributed by atoms with Gasteiger partial charge in [0.2, 0.25) is 0 Å². The maximum Gasteiger partial charge on any atom is 0.191 e. The predicted octanol–water partition coefficient (Wildman–Crippen LogP) is 2.50. The Morgan fingerprint density at radius 3 is 2.58 bits per heavy atom. The molecule has 6 heteroatoms. The van der Waals surface area contributed by atoms with Crippen LogP contribution in [-0.2, 0) is 4.74 Å². The molecule has 1 aromatic heterocycles. The lowest BCUT2D eigenvalue weighted by Crippen LogP contribution is -2.42. The zero-order valence-electron chi connectivity index (χ0n) is 16.0. The quantitative estimate of drug-likeness (QED) is 0.507. The van der Waals surface area contributed by atoms with E-state index in [2.05, 4.69) is 34.4 Å². The average Bonchev–Trinajstić information content (AvgIpc) is 3.06. The molecular weight excluding hydrogens is 304 g/mol. The fourth-order valence-corrected chi connectivity index (χ4v) is 2.59. The summed E-state index contributed by atoms with van der Waals surface area (Å²) in [6.45, 7) is 8.73. The monoisotopic (exact) mass is 338 g/mol. The molecule has 1 heterocycles. The first-order valence-corrected chi connectivity index (χ1v) is 8.75. The van der Waals surface area contributed by atoms with Gasteiger partial charge in [0.15, 0.2) is 5.96 Å². The van der Waals surface area contributed by atoms with Crippen LogP contribution in [-0.4, -0.2) is 57.8 Å². The zero-order valence-corrected chi connectivity index (χ0v) is 16.0. The first-order valence-electron chi connectivity index (χ1n) is 8.75. The van der Waals surface area contributed by atoms with Crippen LogP contribution in [0.5, 0.6) is 0 Å². The molecule has 0 fully saturated rings. The molecule has 2 unspecified atom stereocenters. The minimum absolute atomic E-state index is 0.158. The second-order valence-electron chi connectivity index (χ2n) is 6.40. The van der Waals surface area contributed by atoms with Crippen molar-refractivity contribution in [2.75, 3.05) is 40.8 Å². The molecule has 0 aliphatic carbocycles. The van der Waals surface area contributed by atoms with E-state index in [-0.39, 0.29) is 12.1 Å². The van der Waals surface area contributed by atoms with Gasteiger partial charge in [-0.15, -0.1) is 0 Å². The van der Waals surface area contributed by atoms with Gasteiger partial charge in [-0.3, -0.25) is 9.89 Å². The van der Waals surface area contributed by atoms with E-state index in [0.29, 0.717) is 5.92 Å². The van der Waals surface area contributed by atoms with Gasteiger partial charge in [-0.2, -0.15) is 0 Å². The highest BCUT2D eigenvalue weighted by atomic mass is 16.5. The highest BCUT2D eigenvalue weighted by Gasteiger charge is 2.17. The summed E-state index contributed by atoms with van der Waals surface area (Å²) in [5.74, 6) is 2.25. The molecule has 24 heavy (non-hydrogen) atoms. The Kier molecular flexibility index (Phi) is 9.49. The first-order chi connectivity index (χ1) is 11.5. The molecule has 0 aromatic carbocycles. The lowest BCUT2D eigenvalue weighted by Gasteiger charge is -2.24. The molecule has 0 spiro atoms. The van der Waals surface area contributed by atoms with Gasteiger partial charge in [-0.1, -0.05) is 13.8 Å². The molecule has 0 bridgehead atoms. The van der Waals surface area contributed by atoms with Crippen molar-refractivity contribution in [1.82, 2.24) is 15.5 Å². The summed E-state index contributed by atoms with van der Waals surface area (Å²) in [6, 6.07) is 4.07. The van der Waals surface area contributed by atoms with E-state index in [1.54, 1.807) is 13.3 Å². The molecule has 0 aliphatic rings. The Hall–Kier alpha value is -1.53. The van der Waals surface area contributed by atoms with Crippen molar-refractivity contribution < 1.29 is 9.15 Å². The number of nitrogens with one attached hydrogen (secondary N) is 2. The van der Waals surface area contributed by atoms with E-state index in [9.17, 15) is 0 Å². The van der Waals surface area contributed by atoms with E-state index in [0.717, 1.165) is 37.8 Å². The highest BCUT2D eigenvalue weighted by Crippen LogP contribution is 2.17. The van der Waals surface area contributed by atoms with Gasteiger partial charge in [0.25, 0.3) is 0 Å². The third kappa shape index (κ3) is 6.93. The molecule has 0 amide bonds. The number of guanidine groups is 1. The summed E-state index contributed by atoms with van der Waals surface area (Å²) in [4.78, 5) is 6.42. The summed E-state index contributed by atoms with van der Waals surface area (Å²) in [5.41, 5.74) is 0. The van der Waals surface area contributed by atoms with Gasteiger partial charge >= 0.3 is 0 Å². The van der Waals surface area contributed by atoms with Gasteiger partial charge in [0.1, 0.15) is 5.76 Å². The molecule has 1 aromatic rings. The van der Waals surface area contributed by atoms with E-state index < -0.39 is 0 Å². The van der Waals surface area contributed by atoms with Crippen LogP contribution < -0.4 is 10.6 Å². The second kappa shape index (κ2) is 11.1. The summed E-state index contributed by atoms with van der Waals surface area (Å²) >= 11 is 0. The van der Waals surface area contributed by atoms with E-state index >= 15 is 0 Å². The molecule has 2 N–H and O–H groups in total. The third-order valence-corrected chi connectivity index (χ3v) is 4.03. The number of ether oxygens (including phenoxy) is 1. The van der Waals surface area contributed by atoms with Crippen LogP contribution in [0.1, 0.15) is 39.0 Å². The number of hydrogen-bond acceptors (Lipinski definition) is 4. The second-order valence-corrected chi connectivity index (χ2v) is 6.40. The lowest BCUT2D eigenvalue weighted by molar-refractivity contribution is 0.0258. The van der Waals surface area contributed by atoms with Gasteiger partial charge in [-0.25, -0.2) is 0 Å². The Morgan fingerprint density at radius 1 is 1.33 bits per heavy atom. The smallest absolute Gasteiger partial charge is 0.191 e. The molecule has 1 rings (SSSR count). The summed E-state index contributed by atoms with van der Waals surface area (Å²) in [6.07, 6.45) is 2.94. The molecular formula is C18H34N4O2. The van der Waals surface area contributed by atoms with Crippen molar-refractivity contribution in [3.63, 3.8) is 0 Å². The Labute approximate surface area is 146 Å². The first kappa shape index (κ1) is 20.5. The number of likely N-dealkylation sites (N-methyl/N-ethyl adjacent to an activating group) is 1. The minimum Gasteiger partial charge on any atom is -0.468 e. The SMILES string of the molecule is CCOC(CCNC(=NC)NCC(c1ccco1)N(C)C)C(C)C.